The van der Waals surface area contributed by atoms with Gasteiger partial charge >= 0.3 is 0 Å². The molecule has 1 aliphatic rings. The Morgan fingerprint density at radius 1 is 1.10 bits per heavy atom. The number of rotatable bonds is 8. The summed E-state index contributed by atoms with van der Waals surface area (Å²) < 4.78 is 16.1. The number of nitrogens with one attached hydrogen (secondary N) is 1. The van der Waals surface area contributed by atoms with Crippen LogP contribution < -0.4 is 14.8 Å². The molecule has 160 valence electrons. The molecule has 0 radical (unpaired) electrons. The van der Waals surface area contributed by atoms with Gasteiger partial charge in [-0.1, -0.05) is 24.3 Å². The third-order valence-corrected chi connectivity index (χ3v) is 5.44. The van der Waals surface area contributed by atoms with Gasteiger partial charge in [0.1, 0.15) is 5.76 Å². The Morgan fingerprint density at radius 3 is 2.61 bits per heavy atom. The van der Waals surface area contributed by atoms with Gasteiger partial charge in [0.2, 0.25) is 5.91 Å². The van der Waals surface area contributed by atoms with Gasteiger partial charge in [0.25, 0.3) is 5.91 Å². The normalized spacial score (nSPS) is 13.6. The zero-order chi connectivity index (χ0) is 21.8. The highest BCUT2D eigenvalue weighted by Gasteiger charge is 2.34. The zero-order valence-electron chi connectivity index (χ0n) is 17.5. The van der Waals surface area contributed by atoms with Crippen LogP contribution in [0.5, 0.6) is 11.5 Å². The monoisotopic (exact) mass is 420 g/mol. The topological polar surface area (TPSA) is 81.0 Å². The molecule has 0 unspecified atom stereocenters. The number of nitrogens with zero attached hydrogens (tertiary/aromatic N) is 1. The third-order valence-electron chi connectivity index (χ3n) is 5.44. The average molecular weight is 420 g/mol. The van der Waals surface area contributed by atoms with Crippen LogP contribution in [0.25, 0.3) is 0 Å². The Labute approximate surface area is 180 Å². The van der Waals surface area contributed by atoms with E-state index < -0.39 is 6.04 Å². The lowest BCUT2D eigenvalue weighted by Gasteiger charge is -2.28. The van der Waals surface area contributed by atoms with Crippen LogP contribution in [0.15, 0.2) is 65.3 Å². The van der Waals surface area contributed by atoms with Crippen molar-refractivity contribution >= 4 is 11.8 Å². The lowest BCUT2D eigenvalue weighted by atomic mass is 10.0. The molecule has 1 N–H and O–H groups in total. The number of benzene rings is 2. The summed E-state index contributed by atoms with van der Waals surface area (Å²) in [6, 6.07) is 16.1. The molecule has 4 rings (SSSR count). The van der Waals surface area contributed by atoms with Crippen LogP contribution in [-0.2, 0) is 17.9 Å². The van der Waals surface area contributed by atoms with Gasteiger partial charge < -0.3 is 24.1 Å². The first kappa shape index (κ1) is 20.5. The first-order chi connectivity index (χ1) is 15.1. The molecule has 0 bridgehead atoms. The van der Waals surface area contributed by atoms with Crippen molar-refractivity contribution < 1.29 is 23.5 Å². The van der Waals surface area contributed by atoms with Crippen molar-refractivity contribution in [2.75, 3.05) is 14.2 Å². The van der Waals surface area contributed by atoms with E-state index in [4.69, 9.17) is 13.9 Å². The third kappa shape index (κ3) is 4.26. The maximum absolute atomic E-state index is 13.1. The average Bonchev–Trinajstić information content (AvgIpc) is 3.44. The molecule has 0 saturated heterocycles. The number of carbonyl (C=O) groups is 2. The molecule has 3 aromatic rings. The van der Waals surface area contributed by atoms with Gasteiger partial charge in [-0.25, -0.2) is 0 Å². The predicted molar refractivity (Wildman–Crippen MR) is 114 cm³/mol. The molecular formula is C24H24N2O5. The number of methoxy groups -OCH3 is 2. The molecule has 1 atom stereocenters. The van der Waals surface area contributed by atoms with E-state index in [1.54, 1.807) is 43.6 Å². The summed E-state index contributed by atoms with van der Waals surface area (Å²) in [6.45, 7) is 0.734. The molecule has 2 heterocycles. The van der Waals surface area contributed by atoms with Gasteiger partial charge in [0.15, 0.2) is 11.5 Å². The lowest BCUT2D eigenvalue weighted by molar-refractivity contribution is -0.122. The van der Waals surface area contributed by atoms with Crippen LogP contribution in [0.4, 0.5) is 0 Å². The van der Waals surface area contributed by atoms with Crippen molar-refractivity contribution in [3.8, 4) is 11.5 Å². The van der Waals surface area contributed by atoms with E-state index in [-0.39, 0.29) is 18.2 Å². The van der Waals surface area contributed by atoms with Crippen molar-refractivity contribution in [1.29, 1.82) is 0 Å². The number of ether oxygens (including phenoxy) is 2. The number of hydrogen-bond acceptors (Lipinski definition) is 5. The second kappa shape index (κ2) is 8.95. The highest BCUT2D eigenvalue weighted by atomic mass is 16.5. The molecule has 0 aliphatic carbocycles. The molecule has 1 aromatic heterocycles. The van der Waals surface area contributed by atoms with E-state index in [0.717, 1.165) is 11.1 Å². The SMILES string of the molecule is COc1ccc([C@H](CC(=O)NCc2ccco2)N2Cc3ccccc3C2=O)cc1OC. The van der Waals surface area contributed by atoms with E-state index in [0.29, 0.717) is 35.9 Å². The molecular weight excluding hydrogens is 396 g/mol. The maximum Gasteiger partial charge on any atom is 0.255 e. The number of amides is 2. The first-order valence-electron chi connectivity index (χ1n) is 10.0. The minimum atomic E-state index is -0.462. The van der Waals surface area contributed by atoms with E-state index in [2.05, 4.69) is 5.32 Å². The molecule has 31 heavy (non-hydrogen) atoms. The van der Waals surface area contributed by atoms with Crippen LogP contribution in [-0.4, -0.2) is 30.9 Å². The quantitative estimate of drug-likeness (QED) is 0.601. The Balaban J connectivity index is 1.61. The Bertz CT molecular complexity index is 1080. The first-order valence-corrected chi connectivity index (χ1v) is 10.0. The highest BCUT2D eigenvalue weighted by molar-refractivity contribution is 5.98. The van der Waals surface area contributed by atoms with Crippen molar-refractivity contribution in [2.45, 2.75) is 25.6 Å². The van der Waals surface area contributed by atoms with Gasteiger partial charge in [0, 0.05) is 12.1 Å². The summed E-state index contributed by atoms with van der Waals surface area (Å²) in [5, 5.41) is 2.87. The largest absolute Gasteiger partial charge is 0.493 e. The molecule has 0 saturated carbocycles. The highest BCUT2D eigenvalue weighted by Crippen LogP contribution is 2.37. The van der Waals surface area contributed by atoms with Gasteiger partial charge in [0.05, 0.1) is 39.5 Å². The number of furan rings is 1. The van der Waals surface area contributed by atoms with E-state index in [1.807, 2.05) is 36.4 Å². The Hall–Kier alpha value is -3.74. The Kier molecular flexibility index (Phi) is 5.93. The van der Waals surface area contributed by atoms with Crippen molar-refractivity contribution in [3.63, 3.8) is 0 Å². The molecule has 0 spiro atoms. The summed E-state index contributed by atoms with van der Waals surface area (Å²) in [5.41, 5.74) is 2.42. The molecule has 2 aromatic carbocycles. The predicted octanol–water partition coefficient (Wildman–Crippen LogP) is 3.70. The molecule has 7 heteroatoms. The van der Waals surface area contributed by atoms with E-state index in [9.17, 15) is 9.59 Å². The number of hydrogen-bond donors (Lipinski definition) is 1. The van der Waals surface area contributed by atoms with Gasteiger partial charge in [-0.05, 0) is 41.5 Å². The summed E-state index contributed by atoms with van der Waals surface area (Å²) in [5.74, 6) is 1.53. The zero-order valence-corrected chi connectivity index (χ0v) is 17.5. The van der Waals surface area contributed by atoms with Gasteiger partial charge in [-0.3, -0.25) is 9.59 Å². The number of carbonyl (C=O) groups excluding carboxylic acids is 2. The van der Waals surface area contributed by atoms with Crippen LogP contribution in [0.2, 0.25) is 0 Å². The summed E-state index contributed by atoms with van der Waals surface area (Å²) in [6.07, 6.45) is 1.67. The fourth-order valence-electron chi connectivity index (χ4n) is 3.84. The van der Waals surface area contributed by atoms with Crippen LogP contribution in [0.3, 0.4) is 0 Å². The van der Waals surface area contributed by atoms with Crippen molar-refractivity contribution in [1.82, 2.24) is 10.2 Å². The molecule has 2 amide bonds. The molecule has 0 fully saturated rings. The fraction of sp³-hybridized carbons (Fsp3) is 0.250. The minimum absolute atomic E-state index is 0.0887. The summed E-state index contributed by atoms with van der Waals surface area (Å²) >= 11 is 0. The van der Waals surface area contributed by atoms with Crippen LogP contribution in [0.1, 0.15) is 39.7 Å². The van der Waals surface area contributed by atoms with Crippen molar-refractivity contribution in [2.24, 2.45) is 0 Å². The summed E-state index contributed by atoms with van der Waals surface area (Å²) in [7, 11) is 3.13. The second-order valence-corrected chi connectivity index (χ2v) is 7.28. The smallest absolute Gasteiger partial charge is 0.255 e. The standard InChI is InChI=1S/C24H24N2O5/c1-29-21-10-9-16(12-22(21)30-2)20(13-23(27)25-14-18-7-5-11-31-18)26-15-17-6-3-4-8-19(17)24(26)28/h3-12,20H,13-15H2,1-2H3,(H,25,27)/t20-/m0/s1. The molecule has 7 nitrogen and oxygen atoms in total. The Morgan fingerprint density at radius 2 is 1.90 bits per heavy atom. The van der Waals surface area contributed by atoms with E-state index in [1.165, 1.54) is 0 Å². The van der Waals surface area contributed by atoms with Gasteiger partial charge in [-0.15, -0.1) is 0 Å². The lowest BCUT2D eigenvalue weighted by Crippen LogP contribution is -2.34. The second-order valence-electron chi connectivity index (χ2n) is 7.28. The summed E-state index contributed by atoms with van der Waals surface area (Å²) in [4.78, 5) is 27.7. The van der Waals surface area contributed by atoms with Gasteiger partial charge in [-0.2, -0.15) is 0 Å². The minimum Gasteiger partial charge on any atom is -0.493 e. The fourth-order valence-corrected chi connectivity index (χ4v) is 3.84. The maximum atomic E-state index is 13.1. The van der Waals surface area contributed by atoms with E-state index >= 15 is 0 Å². The van der Waals surface area contributed by atoms with Crippen LogP contribution >= 0.6 is 0 Å². The molecule has 1 aliphatic heterocycles. The number of fused-ring (bicyclic) bond motifs is 1. The van der Waals surface area contributed by atoms with Crippen LogP contribution in [0, 0.1) is 0 Å². The van der Waals surface area contributed by atoms with Crippen molar-refractivity contribution in [3.05, 3.63) is 83.3 Å².